The van der Waals surface area contributed by atoms with Crippen molar-refractivity contribution in [3.8, 4) is 0 Å². The predicted octanol–water partition coefficient (Wildman–Crippen LogP) is 3.82. The Bertz CT molecular complexity index is 832. The van der Waals surface area contributed by atoms with Gasteiger partial charge in [0.05, 0.1) is 5.56 Å². The van der Waals surface area contributed by atoms with Crippen LogP contribution in [0.25, 0.3) is 0 Å². The van der Waals surface area contributed by atoms with Crippen LogP contribution in [-0.4, -0.2) is 31.4 Å². The molecule has 0 unspecified atom stereocenters. The molecule has 6 heteroatoms. The molecule has 1 saturated heterocycles. The summed E-state index contributed by atoms with van der Waals surface area (Å²) in [7, 11) is 0. The van der Waals surface area contributed by atoms with E-state index in [-0.39, 0.29) is 11.5 Å². The summed E-state index contributed by atoms with van der Waals surface area (Å²) in [6.45, 7) is 4.43. The van der Waals surface area contributed by atoms with Crippen LogP contribution >= 0.6 is 0 Å². The van der Waals surface area contributed by atoms with E-state index in [9.17, 15) is 14.0 Å². The molecule has 0 spiro atoms. The molecule has 5 nitrogen and oxygen atoms in total. The average Bonchev–Trinajstić information content (AvgIpc) is 3.20. The summed E-state index contributed by atoms with van der Waals surface area (Å²) in [5.41, 5.74) is 2.16. The van der Waals surface area contributed by atoms with Gasteiger partial charge in [-0.2, -0.15) is 0 Å². The average molecular weight is 369 g/mol. The summed E-state index contributed by atoms with van der Waals surface area (Å²) >= 11 is 0. The third kappa shape index (κ3) is 4.64. The first-order chi connectivity index (χ1) is 13.1. The van der Waals surface area contributed by atoms with Crippen molar-refractivity contribution in [2.45, 2.75) is 26.2 Å². The van der Waals surface area contributed by atoms with Gasteiger partial charge in [-0.1, -0.05) is 13.0 Å². The zero-order valence-electron chi connectivity index (χ0n) is 15.4. The van der Waals surface area contributed by atoms with Crippen molar-refractivity contribution in [3.05, 3.63) is 59.4 Å². The maximum absolute atomic E-state index is 13.3. The first-order valence-corrected chi connectivity index (χ1v) is 9.32. The molecule has 0 atom stereocenters. The number of carbonyl (C=O) groups excluding carboxylic acids is 2. The number of carbonyl (C=O) groups is 2. The number of hydrogen-bond donors (Lipinski definition) is 2. The quantitative estimate of drug-likeness (QED) is 0.814. The van der Waals surface area contributed by atoms with E-state index >= 15 is 0 Å². The van der Waals surface area contributed by atoms with Crippen LogP contribution in [0.2, 0.25) is 0 Å². The van der Waals surface area contributed by atoms with Crippen LogP contribution in [0, 0.1) is 5.82 Å². The lowest BCUT2D eigenvalue weighted by Crippen LogP contribution is -2.28. The molecule has 1 aliphatic rings. The van der Waals surface area contributed by atoms with Gasteiger partial charge in [0.25, 0.3) is 11.8 Å². The van der Waals surface area contributed by atoms with Gasteiger partial charge in [0.2, 0.25) is 0 Å². The van der Waals surface area contributed by atoms with Crippen LogP contribution < -0.4 is 15.5 Å². The number of nitrogens with zero attached hydrogens (tertiary/aromatic N) is 1. The third-order valence-electron chi connectivity index (χ3n) is 4.57. The van der Waals surface area contributed by atoms with Gasteiger partial charge in [0, 0.05) is 36.6 Å². The highest BCUT2D eigenvalue weighted by molar-refractivity contribution is 6.06. The Morgan fingerprint density at radius 1 is 1.07 bits per heavy atom. The maximum atomic E-state index is 13.3. The molecule has 0 aliphatic carbocycles. The van der Waals surface area contributed by atoms with E-state index < -0.39 is 11.7 Å². The van der Waals surface area contributed by atoms with Gasteiger partial charge in [-0.3, -0.25) is 9.59 Å². The van der Waals surface area contributed by atoms with Crippen molar-refractivity contribution < 1.29 is 14.0 Å². The normalized spacial score (nSPS) is 13.5. The van der Waals surface area contributed by atoms with E-state index in [0.717, 1.165) is 38.0 Å². The first-order valence-electron chi connectivity index (χ1n) is 9.32. The number of amides is 2. The molecule has 0 aromatic heterocycles. The molecule has 1 fully saturated rings. The number of rotatable bonds is 6. The first kappa shape index (κ1) is 18.9. The Hall–Kier alpha value is -2.89. The van der Waals surface area contributed by atoms with Crippen molar-refractivity contribution in [2.75, 3.05) is 29.9 Å². The summed E-state index contributed by atoms with van der Waals surface area (Å²) in [6.07, 6.45) is 3.06. The zero-order valence-corrected chi connectivity index (χ0v) is 15.4. The minimum absolute atomic E-state index is 0.152. The smallest absolute Gasteiger partial charge is 0.255 e. The van der Waals surface area contributed by atoms with Crippen LogP contribution in [0.3, 0.4) is 0 Å². The van der Waals surface area contributed by atoms with Crippen molar-refractivity contribution in [1.29, 1.82) is 0 Å². The number of anilines is 2. The molecule has 142 valence electrons. The molecule has 1 aliphatic heterocycles. The van der Waals surface area contributed by atoms with Crippen molar-refractivity contribution in [1.82, 2.24) is 5.32 Å². The monoisotopic (exact) mass is 369 g/mol. The van der Waals surface area contributed by atoms with E-state index in [1.54, 1.807) is 18.2 Å². The van der Waals surface area contributed by atoms with Gasteiger partial charge < -0.3 is 15.5 Å². The van der Waals surface area contributed by atoms with Crippen LogP contribution in [-0.2, 0) is 0 Å². The molecular weight excluding hydrogens is 345 g/mol. The van der Waals surface area contributed by atoms with Gasteiger partial charge >= 0.3 is 0 Å². The van der Waals surface area contributed by atoms with Crippen molar-refractivity contribution in [3.63, 3.8) is 0 Å². The molecule has 0 saturated carbocycles. The van der Waals surface area contributed by atoms with Crippen LogP contribution in [0.5, 0.6) is 0 Å². The van der Waals surface area contributed by atoms with E-state index in [1.165, 1.54) is 18.2 Å². The van der Waals surface area contributed by atoms with Gasteiger partial charge in [-0.05, 0) is 55.7 Å². The lowest BCUT2D eigenvalue weighted by atomic mass is 10.1. The molecular formula is C21H24FN3O2. The highest BCUT2D eigenvalue weighted by atomic mass is 19.1. The maximum Gasteiger partial charge on any atom is 0.255 e. The molecule has 0 bridgehead atoms. The number of hydrogen-bond acceptors (Lipinski definition) is 3. The predicted molar refractivity (Wildman–Crippen MR) is 105 cm³/mol. The van der Waals surface area contributed by atoms with Crippen LogP contribution in [0.4, 0.5) is 15.8 Å². The molecule has 2 amide bonds. The van der Waals surface area contributed by atoms with Crippen molar-refractivity contribution in [2.24, 2.45) is 0 Å². The molecule has 0 radical (unpaired) electrons. The van der Waals surface area contributed by atoms with Gasteiger partial charge in [0.1, 0.15) is 5.82 Å². The van der Waals surface area contributed by atoms with E-state index in [1.807, 2.05) is 13.0 Å². The number of nitrogens with one attached hydrogen (secondary N) is 2. The minimum Gasteiger partial charge on any atom is -0.371 e. The fraction of sp³-hybridized carbons (Fsp3) is 0.333. The van der Waals surface area contributed by atoms with E-state index in [0.29, 0.717) is 17.8 Å². The SMILES string of the molecule is CCCNC(=O)c1cc(NC(=O)c2cccc(F)c2)ccc1N1CCCC1. The zero-order chi connectivity index (χ0) is 19.2. The molecule has 2 N–H and O–H groups in total. The fourth-order valence-corrected chi connectivity index (χ4v) is 3.20. The lowest BCUT2D eigenvalue weighted by molar-refractivity contribution is 0.0952. The molecule has 2 aromatic carbocycles. The molecule has 2 aromatic rings. The Morgan fingerprint density at radius 3 is 2.56 bits per heavy atom. The van der Waals surface area contributed by atoms with Crippen molar-refractivity contribution >= 4 is 23.2 Å². The summed E-state index contributed by atoms with van der Waals surface area (Å²) in [6, 6.07) is 10.8. The van der Waals surface area contributed by atoms with E-state index in [2.05, 4.69) is 15.5 Å². The Balaban J connectivity index is 1.85. The second-order valence-electron chi connectivity index (χ2n) is 6.65. The topological polar surface area (TPSA) is 61.4 Å². The summed E-state index contributed by atoms with van der Waals surface area (Å²) in [5, 5.41) is 5.65. The molecule has 1 heterocycles. The van der Waals surface area contributed by atoms with Gasteiger partial charge in [-0.15, -0.1) is 0 Å². The van der Waals surface area contributed by atoms with Crippen LogP contribution in [0.15, 0.2) is 42.5 Å². The Morgan fingerprint density at radius 2 is 1.85 bits per heavy atom. The van der Waals surface area contributed by atoms with Crippen LogP contribution in [0.1, 0.15) is 46.9 Å². The Kier molecular flexibility index (Phi) is 6.06. The van der Waals surface area contributed by atoms with Gasteiger partial charge in [0.15, 0.2) is 0 Å². The van der Waals surface area contributed by atoms with E-state index in [4.69, 9.17) is 0 Å². The fourth-order valence-electron chi connectivity index (χ4n) is 3.20. The largest absolute Gasteiger partial charge is 0.371 e. The third-order valence-corrected chi connectivity index (χ3v) is 4.57. The van der Waals surface area contributed by atoms with Gasteiger partial charge in [-0.25, -0.2) is 4.39 Å². The number of halogens is 1. The number of benzene rings is 2. The molecule has 27 heavy (non-hydrogen) atoms. The summed E-state index contributed by atoms with van der Waals surface area (Å²) in [5.74, 6) is -1.03. The second kappa shape index (κ2) is 8.66. The summed E-state index contributed by atoms with van der Waals surface area (Å²) < 4.78 is 13.3. The highest BCUT2D eigenvalue weighted by Crippen LogP contribution is 2.28. The lowest BCUT2D eigenvalue weighted by Gasteiger charge is -2.22. The highest BCUT2D eigenvalue weighted by Gasteiger charge is 2.20. The minimum atomic E-state index is -0.466. The Labute approximate surface area is 158 Å². The summed E-state index contributed by atoms with van der Waals surface area (Å²) in [4.78, 5) is 27.2. The second-order valence-corrected chi connectivity index (χ2v) is 6.65. The standard InChI is InChI=1S/C21H24FN3O2/c1-2-10-23-21(27)18-14-17(8-9-19(18)25-11-3-4-12-25)24-20(26)15-6-5-7-16(22)13-15/h5-9,13-14H,2-4,10-12H2,1H3,(H,23,27)(H,24,26). The molecule has 3 rings (SSSR count).